The van der Waals surface area contributed by atoms with Gasteiger partial charge < -0.3 is 10.5 Å². The predicted octanol–water partition coefficient (Wildman–Crippen LogP) is 0.724. The lowest BCUT2D eigenvalue weighted by atomic mass is 9.90. The van der Waals surface area contributed by atoms with Crippen molar-refractivity contribution in [3.8, 4) is 0 Å². The molecule has 1 aliphatic carbocycles. The van der Waals surface area contributed by atoms with Gasteiger partial charge in [-0.05, 0) is 31.0 Å². The van der Waals surface area contributed by atoms with Crippen molar-refractivity contribution in [2.45, 2.75) is 29.9 Å². The van der Waals surface area contributed by atoms with Crippen LogP contribution >= 0.6 is 0 Å². The van der Waals surface area contributed by atoms with Crippen molar-refractivity contribution in [1.29, 1.82) is 0 Å². The van der Waals surface area contributed by atoms with E-state index in [0.717, 1.165) is 12.8 Å². The molecule has 2 rings (SSSR count). The standard InChI is InChI=1S/C11H16N2O3S/c1-16-10-6-9(7-10)13-17(14,15)11-4-2-3-8(12)5-11/h2-5,9-10,13H,6-7,12H2,1H3. The molecule has 5 nitrogen and oxygen atoms in total. The summed E-state index contributed by atoms with van der Waals surface area (Å²) in [6, 6.07) is 6.23. The maximum Gasteiger partial charge on any atom is 0.240 e. The molecule has 3 N–H and O–H groups in total. The molecule has 0 saturated heterocycles. The van der Waals surface area contributed by atoms with Crippen molar-refractivity contribution in [1.82, 2.24) is 4.72 Å². The van der Waals surface area contributed by atoms with Crippen LogP contribution in [-0.2, 0) is 14.8 Å². The van der Waals surface area contributed by atoms with Gasteiger partial charge in [-0.2, -0.15) is 0 Å². The van der Waals surface area contributed by atoms with Crippen molar-refractivity contribution < 1.29 is 13.2 Å². The molecule has 0 amide bonds. The van der Waals surface area contributed by atoms with Crippen LogP contribution < -0.4 is 10.5 Å². The number of nitrogens with one attached hydrogen (secondary N) is 1. The zero-order chi connectivity index (χ0) is 12.5. The van der Waals surface area contributed by atoms with Crippen LogP contribution in [0.25, 0.3) is 0 Å². The van der Waals surface area contributed by atoms with E-state index in [0.29, 0.717) is 5.69 Å². The summed E-state index contributed by atoms with van der Waals surface area (Å²) in [7, 11) is -1.83. The number of sulfonamides is 1. The molecule has 0 aliphatic heterocycles. The van der Waals surface area contributed by atoms with E-state index < -0.39 is 10.0 Å². The molecular weight excluding hydrogens is 240 g/mol. The minimum Gasteiger partial charge on any atom is -0.399 e. The summed E-state index contributed by atoms with van der Waals surface area (Å²) < 4.78 is 31.7. The Balaban J connectivity index is 2.05. The third kappa shape index (κ3) is 2.77. The average molecular weight is 256 g/mol. The third-order valence-corrected chi connectivity index (χ3v) is 4.44. The summed E-state index contributed by atoms with van der Waals surface area (Å²) in [6.07, 6.45) is 1.61. The van der Waals surface area contributed by atoms with E-state index in [1.54, 1.807) is 19.2 Å². The van der Waals surface area contributed by atoms with E-state index in [-0.39, 0.29) is 17.0 Å². The van der Waals surface area contributed by atoms with E-state index in [2.05, 4.69) is 4.72 Å². The second-order valence-corrected chi connectivity index (χ2v) is 5.93. The Morgan fingerprint density at radius 3 is 2.71 bits per heavy atom. The molecule has 17 heavy (non-hydrogen) atoms. The van der Waals surface area contributed by atoms with Crippen LogP contribution in [-0.4, -0.2) is 27.7 Å². The molecule has 1 aromatic rings. The quantitative estimate of drug-likeness (QED) is 0.778. The number of nitrogen functional groups attached to an aromatic ring is 1. The minimum absolute atomic E-state index is 0.0358. The van der Waals surface area contributed by atoms with E-state index in [4.69, 9.17) is 10.5 Å². The number of hydrogen-bond donors (Lipinski definition) is 2. The third-order valence-electron chi connectivity index (χ3n) is 2.92. The first-order valence-corrected chi connectivity index (χ1v) is 6.90. The van der Waals surface area contributed by atoms with Crippen LogP contribution in [0.1, 0.15) is 12.8 Å². The van der Waals surface area contributed by atoms with Crippen molar-refractivity contribution in [2.75, 3.05) is 12.8 Å². The first-order valence-electron chi connectivity index (χ1n) is 5.42. The summed E-state index contributed by atoms with van der Waals surface area (Å²) in [5.74, 6) is 0. The monoisotopic (exact) mass is 256 g/mol. The van der Waals surface area contributed by atoms with E-state index in [1.165, 1.54) is 12.1 Å². The van der Waals surface area contributed by atoms with Gasteiger partial charge in [-0.25, -0.2) is 13.1 Å². The highest BCUT2D eigenvalue weighted by atomic mass is 32.2. The van der Waals surface area contributed by atoms with Gasteiger partial charge >= 0.3 is 0 Å². The zero-order valence-electron chi connectivity index (χ0n) is 9.59. The van der Waals surface area contributed by atoms with Gasteiger partial charge in [-0.1, -0.05) is 6.07 Å². The number of rotatable bonds is 4. The summed E-state index contributed by atoms with van der Waals surface area (Å²) >= 11 is 0. The van der Waals surface area contributed by atoms with E-state index in [9.17, 15) is 8.42 Å². The predicted molar refractivity (Wildman–Crippen MR) is 65.0 cm³/mol. The molecule has 1 fully saturated rings. The first-order chi connectivity index (χ1) is 8.01. The van der Waals surface area contributed by atoms with Crippen molar-refractivity contribution in [3.63, 3.8) is 0 Å². The SMILES string of the molecule is COC1CC(NS(=O)(=O)c2cccc(N)c2)C1. The summed E-state index contributed by atoms with van der Waals surface area (Å²) in [5, 5.41) is 0. The van der Waals surface area contributed by atoms with Gasteiger partial charge in [0.15, 0.2) is 0 Å². The van der Waals surface area contributed by atoms with Crippen molar-refractivity contribution in [3.05, 3.63) is 24.3 Å². The van der Waals surface area contributed by atoms with Crippen molar-refractivity contribution >= 4 is 15.7 Å². The molecule has 1 aromatic carbocycles. The minimum atomic E-state index is -3.46. The van der Waals surface area contributed by atoms with E-state index in [1.807, 2.05) is 0 Å². The van der Waals surface area contributed by atoms with Gasteiger partial charge in [0.2, 0.25) is 10.0 Å². The molecule has 1 aliphatic rings. The molecule has 6 heteroatoms. The van der Waals surface area contributed by atoms with Crippen LogP contribution in [0.5, 0.6) is 0 Å². The Labute approximate surface area is 101 Å². The fourth-order valence-electron chi connectivity index (χ4n) is 1.82. The second kappa shape index (κ2) is 4.64. The molecule has 94 valence electrons. The van der Waals surface area contributed by atoms with Crippen LogP contribution in [0.2, 0.25) is 0 Å². The average Bonchev–Trinajstić information content (AvgIpc) is 2.23. The smallest absolute Gasteiger partial charge is 0.240 e. The van der Waals surface area contributed by atoms with Gasteiger partial charge in [0, 0.05) is 18.8 Å². The van der Waals surface area contributed by atoms with Gasteiger partial charge in [-0.3, -0.25) is 0 Å². The fraction of sp³-hybridized carbons (Fsp3) is 0.455. The molecule has 0 aromatic heterocycles. The normalized spacial score (nSPS) is 24.3. The fourth-order valence-corrected chi connectivity index (χ4v) is 3.14. The Kier molecular flexibility index (Phi) is 3.37. The number of benzene rings is 1. The van der Waals surface area contributed by atoms with Gasteiger partial charge in [0.25, 0.3) is 0 Å². The molecule has 0 unspecified atom stereocenters. The Hall–Kier alpha value is -1.11. The van der Waals surface area contributed by atoms with Gasteiger partial charge in [0.1, 0.15) is 0 Å². The molecule has 0 bridgehead atoms. The van der Waals surface area contributed by atoms with Crippen LogP contribution in [0.4, 0.5) is 5.69 Å². The first kappa shape index (κ1) is 12.3. The number of hydrogen-bond acceptors (Lipinski definition) is 4. The number of anilines is 1. The maximum atomic E-state index is 12.0. The molecule has 0 atom stereocenters. The van der Waals surface area contributed by atoms with E-state index >= 15 is 0 Å². The Morgan fingerprint density at radius 1 is 1.41 bits per heavy atom. The highest BCUT2D eigenvalue weighted by Crippen LogP contribution is 2.24. The molecule has 0 spiro atoms. The Bertz CT molecular complexity index is 495. The lowest BCUT2D eigenvalue weighted by molar-refractivity contribution is 0.0236. The zero-order valence-corrected chi connectivity index (χ0v) is 10.4. The molecule has 1 saturated carbocycles. The summed E-state index contributed by atoms with van der Waals surface area (Å²) in [5.41, 5.74) is 6.00. The van der Waals surface area contributed by atoms with Gasteiger partial charge in [0.05, 0.1) is 11.0 Å². The lowest BCUT2D eigenvalue weighted by Crippen LogP contribution is -2.47. The van der Waals surface area contributed by atoms with Crippen LogP contribution in [0.3, 0.4) is 0 Å². The molecule has 0 radical (unpaired) electrons. The topological polar surface area (TPSA) is 81.4 Å². The summed E-state index contributed by atoms with van der Waals surface area (Å²) in [4.78, 5) is 0.207. The molecular formula is C11H16N2O3S. The molecule has 0 heterocycles. The maximum absolute atomic E-state index is 12.0. The van der Waals surface area contributed by atoms with Gasteiger partial charge in [-0.15, -0.1) is 0 Å². The highest BCUT2D eigenvalue weighted by Gasteiger charge is 2.32. The second-order valence-electron chi connectivity index (χ2n) is 4.22. The highest BCUT2D eigenvalue weighted by molar-refractivity contribution is 7.89. The summed E-state index contributed by atoms with van der Waals surface area (Å²) in [6.45, 7) is 0. The largest absolute Gasteiger partial charge is 0.399 e. The number of methoxy groups -OCH3 is 1. The van der Waals surface area contributed by atoms with Crippen LogP contribution in [0.15, 0.2) is 29.2 Å². The Morgan fingerprint density at radius 2 is 2.12 bits per heavy atom. The lowest BCUT2D eigenvalue weighted by Gasteiger charge is -2.34. The van der Waals surface area contributed by atoms with Crippen LogP contribution in [0, 0.1) is 0 Å². The van der Waals surface area contributed by atoms with Crippen molar-refractivity contribution in [2.24, 2.45) is 0 Å². The number of nitrogens with two attached hydrogens (primary N) is 1. The number of ether oxygens (including phenoxy) is 1.